The van der Waals surface area contributed by atoms with Gasteiger partial charge in [0.2, 0.25) is 0 Å². The fourth-order valence-electron chi connectivity index (χ4n) is 3.06. The summed E-state index contributed by atoms with van der Waals surface area (Å²) >= 11 is 0. The first-order chi connectivity index (χ1) is 9.82. The van der Waals surface area contributed by atoms with Crippen LogP contribution in [0, 0.1) is 11.8 Å². The molecule has 2 N–H and O–H groups in total. The minimum absolute atomic E-state index is 0.00240. The minimum Gasteiger partial charge on any atom is -0.330 e. The zero-order valence-electron chi connectivity index (χ0n) is 13.9. The molecule has 0 saturated carbocycles. The van der Waals surface area contributed by atoms with Crippen molar-refractivity contribution >= 4 is 11.0 Å². The predicted molar refractivity (Wildman–Crippen MR) is 88.2 cm³/mol. The number of nitrogens with two attached hydrogens (primary N) is 1. The number of pyridine rings is 1. The van der Waals surface area contributed by atoms with Crippen LogP contribution in [0.25, 0.3) is 11.0 Å². The van der Waals surface area contributed by atoms with E-state index in [0.717, 1.165) is 29.7 Å². The van der Waals surface area contributed by atoms with Crippen LogP contribution >= 0.6 is 0 Å². The number of rotatable bonds is 5. The number of imidazole rings is 1. The highest BCUT2D eigenvalue weighted by Gasteiger charge is 2.23. The van der Waals surface area contributed by atoms with E-state index in [1.807, 2.05) is 12.4 Å². The van der Waals surface area contributed by atoms with E-state index in [0.29, 0.717) is 18.4 Å². The summed E-state index contributed by atoms with van der Waals surface area (Å²) in [5.74, 6) is 2.27. The van der Waals surface area contributed by atoms with Crippen molar-refractivity contribution in [2.45, 2.75) is 53.0 Å². The SMILES string of the molecule is CC(C)CC(CN)Cc1nc2cnccc2n1C(C)(C)C. The zero-order valence-corrected chi connectivity index (χ0v) is 13.9. The van der Waals surface area contributed by atoms with Crippen molar-refractivity contribution in [3.8, 4) is 0 Å². The molecule has 2 heterocycles. The van der Waals surface area contributed by atoms with Crippen molar-refractivity contribution in [2.75, 3.05) is 6.54 Å². The van der Waals surface area contributed by atoms with Crippen molar-refractivity contribution in [2.24, 2.45) is 17.6 Å². The molecule has 0 aliphatic rings. The molecule has 0 aliphatic heterocycles. The first-order valence-corrected chi connectivity index (χ1v) is 7.84. The van der Waals surface area contributed by atoms with Crippen molar-refractivity contribution in [3.63, 3.8) is 0 Å². The lowest BCUT2D eigenvalue weighted by atomic mass is 9.93. The predicted octanol–water partition coefficient (Wildman–Crippen LogP) is 3.35. The van der Waals surface area contributed by atoms with Crippen LogP contribution in [0.4, 0.5) is 0 Å². The monoisotopic (exact) mass is 288 g/mol. The molecule has 0 fully saturated rings. The van der Waals surface area contributed by atoms with Crippen molar-refractivity contribution in [1.29, 1.82) is 0 Å². The van der Waals surface area contributed by atoms with Crippen LogP contribution in [-0.4, -0.2) is 21.1 Å². The summed E-state index contributed by atoms with van der Waals surface area (Å²) in [7, 11) is 0. The van der Waals surface area contributed by atoms with Crippen LogP contribution in [0.3, 0.4) is 0 Å². The molecule has 0 aliphatic carbocycles. The van der Waals surface area contributed by atoms with Gasteiger partial charge in [-0.05, 0) is 51.6 Å². The van der Waals surface area contributed by atoms with E-state index in [9.17, 15) is 0 Å². The Morgan fingerprint density at radius 1 is 1.29 bits per heavy atom. The second-order valence-electron chi connectivity index (χ2n) is 7.33. The van der Waals surface area contributed by atoms with Gasteiger partial charge in [0.25, 0.3) is 0 Å². The topological polar surface area (TPSA) is 56.7 Å². The molecule has 1 atom stereocenters. The van der Waals surface area contributed by atoms with E-state index in [-0.39, 0.29) is 5.54 Å². The van der Waals surface area contributed by atoms with Gasteiger partial charge in [0.15, 0.2) is 0 Å². The van der Waals surface area contributed by atoms with E-state index >= 15 is 0 Å². The zero-order chi connectivity index (χ0) is 15.6. The van der Waals surface area contributed by atoms with Gasteiger partial charge in [0.05, 0.1) is 11.7 Å². The Kier molecular flexibility index (Phi) is 4.67. The summed E-state index contributed by atoms with van der Waals surface area (Å²) in [5.41, 5.74) is 8.11. The Balaban J connectivity index is 2.43. The Morgan fingerprint density at radius 3 is 2.57 bits per heavy atom. The molecule has 2 aromatic rings. The molecule has 2 aromatic heterocycles. The molecule has 0 radical (unpaired) electrons. The molecule has 21 heavy (non-hydrogen) atoms. The second-order valence-corrected chi connectivity index (χ2v) is 7.33. The number of hydrogen-bond acceptors (Lipinski definition) is 3. The summed E-state index contributed by atoms with van der Waals surface area (Å²) in [4.78, 5) is 9.02. The van der Waals surface area contributed by atoms with E-state index in [1.165, 1.54) is 0 Å². The fraction of sp³-hybridized carbons (Fsp3) is 0.647. The molecule has 116 valence electrons. The number of fused-ring (bicyclic) bond motifs is 1. The Hall–Kier alpha value is -1.42. The standard InChI is InChI=1S/C17H28N4/c1-12(2)8-13(10-18)9-16-20-14-11-19-7-6-15(14)21(16)17(3,4)5/h6-7,11-13H,8-10,18H2,1-5H3. The normalized spacial score (nSPS) is 14.0. The Bertz CT molecular complexity index is 592. The maximum absolute atomic E-state index is 5.97. The Labute approximate surface area is 127 Å². The van der Waals surface area contributed by atoms with Gasteiger partial charge in [-0.25, -0.2) is 4.98 Å². The molecule has 4 nitrogen and oxygen atoms in total. The van der Waals surface area contributed by atoms with E-state index in [4.69, 9.17) is 10.7 Å². The smallest absolute Gasteiger partial charge is 0.110 e. The van der Waals surface area contributed by atoms with E-state index in [2.05, 4.69) is 50.2 Å². The molecule has 0 saturated heterocycles. The highest BCUT2D eigenvalue weighted by Crippen LogP contribution is 2.27. The number of aromatic nitrogens is 3. The van der Waals surface area contributed by atoms with Crippen LogP contribution in [0.1, 0.15) is 46.9 Å². The number of nitrogens with zero attached hydrogens (tertiary/aromatic N) is 3. The first-order valence-electron chi connectivity index (χ1n) is 7.84. The van der Waals surface area contributed by atoms with Gasteiger partial charge in [0, 0.05) is 18.2 Å². The van der Waals surface area contributed by atoms with Crippen molar-refractivity contribution < 1.29 is 0 Å². The van der Waals surface area contributed by atoms with Gasteiger partial charge in [-0.2, -0.15) is 0 Å². The first kappa shape index (κ1) is 16.0. The molecular formula is C17H28N4. The van der Waals surface area contributed by atoms with Crippen LogP contribution in [-0.2, 0) is 12.0 Å². The quantitative estimate of drug-likeness (QED) is 0.918. The van der Waals surface area contributed by atoms with Gasteiger partial charge >= 0.3 is 0 Å². The van der Waals surface area contributed by atoms with Gasteiger partial charge in [-0.15, -0.1) is 0 Å². The van der Waals surface area contributed by atoms with Crippen LogP contribution in [0.5, 0.6) is 0 Å². The van der Waals surface area contributed by atoms with E-state index < -0.39 is 0 Å². The molecular weight excluding hydrogens is 260 g/mol. The van der Waals surface area contributed by atoms with Gasteiger partial charge in [-0.1, -0.05) is 13.8 Å². The highest BCUT2D eigenvalue weighted by molar-refractivity contribution is 5.75. The second kappa shape index (κ2) is 6.14. The summed E-state index contributed by atoms with van der Waals surface area (Å²) in [5, 5.41) is 0. The summed E-state index contributed by atoms with van der Waals surface area (Å²) in [6.07, 6.45) is 5.76. The molecule has 0 amide bonds. The van der Waals surface area contributed by atoms with Gasteiger partial charge in [0.1, 0.15) is 11.3 Å². The highest BCUT2D eigenvalue weighted by atomic mass is 15.1. The van der Waals surface area contributed by atoms with Crippen molar-refractivity contribution in [1.82, 2.24) is 14.5 Å². The molecule has 4 heteroatoms. The molecule has 1 unspecified atom stereocenters. The van der Waals surface area contributed by atoms with Crippen molar-refractivity contribution in [3.05, 3.63) is 24.3 Å². The van der Waals surface area contributed by atoms with Gasteiger partial charge in [-0.3, -0.25) is 4.98 Å². The molecule has 0 bridgehead atoms. The average Bonchev–Trinajstić information content (AvgIpc) is 2.74. The molecule has 0 spiro atoms. The Morgan fingerprint density at radius 2 is 2.00 bits per heavy atom. The summed E-state index contributed by atoms with van der Waals surface area (Å²) in [6.45, 7) is 11.9. The third-order valence-electron chi connectivity index (χ3n) is 3.81. The van der Waals surface area contributed by atoms with Crippen LogP contribution in [0.2, 0.25) is 0 Å². The van der Waals surface area contributed by atoms with Crippen LogP contribution < -0.4 is 5.73 Å². The number of hydrogen-bond donors (Lipinski definition) is 1. The minimum atomic E-state index is 0.00240. The van der Waals surface area contributed by atoms with Gasteiger partial charge < -0.3 is 10.3 Å². The largest absolute Gasteiger partial charge is 0.330 e. The molecule has 0 aromatic carbocycles. The third-order valence-corrected chi connectivity index (χ3v) is 3.81. The van der Waals surface area contributed by atoms with Crippen LogP contribution in [0.15, 0.2) is 18.5 Å². The molecule has 2 rings (SSSR count). The lowest BCUT2D eigenvalue weighted by Gasteiger charge is -2.26. The maximum atomic E-state index is 5.97. The lowest BCUT2D eigenvalue weighted by molar-refractivity contribution is 0.362. The summed E-state index contributed by atoms with van der Waals surface area (Å²) in [6, 6.07) is 2.05. The third kappa shape index (κ3) is 3.62. The average molecular weight is 288 g/mol. The fourth-order valence-corrected chi connectivity index (χ4v) is 3.06. The summed E-state index contributed by atoms with van der Waals surface area (Å²) < 4.78 is 2.34. The lowest BCUT2D eigenvalue weighted by Crippen LogP contribution is -2.27. The maximum Gasteiger partial charge on any atom is 0.110 e. The van der Waals surface area contributed by atoms with E-state index in [1.54, 1.807) is 0 Å².